The van der Waals surface area contributed by atoms with Crippen LogP contribution < -0.4 is 0 Å². The fourth-order valence-corrected chi connectivity index (χ4v) is 21.9. The molecule has 4 aromatic heterocycles. The van der Waals surface area contributed by atoms with Crippen LogP contribution in [-0.4, -0.2) is 0 Å². The predicted molar refractivity (Wildman–Crippen MR) is 441 cm³/mol. The average molecular weight is 1340 g/mol. The quantitative estimate of drug-likeness (QED) is 0.140. The molecule has 0 aliphatic heterocycles. The summed E-state index contributed by atoms with van der Waals surface area (Å²) in [6.07, 6.45) is 0. The van der Waals surface area contributed by atoms with Crippen LogP contribution in [0.5, 0.6) is 0 Å². The summed E-state index contributed by atoms with van der Waals surface area (Å²) in [6.45, 7) is 0. The van der Waals surface area contributed by atoms with Gasteiger partial charge in [-0.1, -0.05) is 273 Å². The number of benzene rings is 18. The zero-order chi connectivity index (χ0) is 65.3. The molecule has 0 radical (unpaired) electrons. The van der Waals surface area contributed by atoms with Gasteiger partial charge in [0, 0.05) is 71.3 Å². The second-order valence-electron chi connectivity index (χ2n) is 26.8. The minimum absolute atomic E-state index is 1.21. The van der Waals surface area contributed by atoms with E-state index in [0.717, 1.165) is 0 Å². The van der Waals surface area contributed by atoms with E-state index < -0.39 is 0 Å². The van der Waals surface area contributed by atoms with Gasteiger partial charge in [0.05, 0.1) is 9.40 Å². The Balaban J connectivity index is 0.577. The van der Waals surface area contributed by atoms with E-state index >= 15 is 0 Å². The van der Waals surface area contributed by atoms with E-state index in [9.17, 15) is 0 Å². The fraction of sp³-hybridized carbons (Fsp3) is 0. The van der Waals surface area contributed by atoms with Crippen molar-refractivity contribution in [1.82, 2.24) is 0 Å². The van der Waals surface area contributed by atoms with Crippen LogP contribution >= 0.6 is 45.3 Å². The van der Waals surface area contributed by atoms with Gasteiger partial charge < -0.3 is 0 Å². The number of fused-ring (bicyclic) bond motifs is 20. The third-order valence-corrected chi connectivity index (χ3v) is 26.2. The molecule has 0 bridgehead atoms. The van der Waals surface area contributed by atoms with Crippen molar-refractivity contribution in [3.63, 3.8) is 0 Å². The number of thiophene rings is 4. The molecule has 100 heavy (non-hydrogen) atoms. The fourth-order valence-electron chi connectivity index (χ4n) is 16.8. The molecule has 22 aromatic rings. The van der Waals surface area contributed by atoms with Crippen molar-refractivity contribution in [2.75, 3.05) is 0 Å². The first kappa shape index (κ1) is 56.4. The molecule has 0 fully saturated rings. The molecule has 0 amide bonds. The van der Waals surface area contributed by atoms with Gasteiger partial charge in [-0.2, -0.15) is 0 Å². The smallest absolute Gasteiger partial charge is 0.0534 e. The Hall–Kier alpha value is -11.6. The largest absolute Gasteiger partial charge is 0.135 e. The van der Waals surface area contributed by atoms with E-state index in [0.29, 0.717) is 0 Å². The molecule has 0 aliphatic rings. The first-order chi connectivity index (χ1) is 49.5. The Morgan fingerprint density at radius 1 is 0.150 bits per heavy atom. The Morgan fingerprint density at radius 2 is 0.510 bits per heavy atom. The molecule has 0 nitrogen and oxygen atoms in total. The van der Waals surface area contributed by atoms with Crippen LogP contribution in [0.4, 0.5) is 0 Å². The summed E-state index contributed by atoms with van der Waals surface area (Å²) in [5.74, 6) is 0. The molecule has 22 rings (SSSR count). The molecule has 4 heterocycles. The molecule has 0 N–H and O–H groups in total. The highest BCUT2D eigenvalue weighted by Gasteiger charge is 2.23. The molecule has 0 saturated heterocycles. The molecular formula is C96H54S4. The van der Waals surface area contributed by atoms with Crippen LogP contribution in [-0.2, 0) is 0 Å². The highest BCUT2D eigenvalue weighted by Crippen LogP contribution is 2.52. The minimum Gasteiger partial charge on any atom is -0.135 e. The third kappa shape index (κ3) is 8.55. The molecule has 0 spiro atoms. The molecule has 0 saturated carbocycles. The zero-order valence-corrected chi connectivity index (χ0v) is 57.1. The van der Waals surface area contributed by atoms with E-state index in [1.807, 2.05) is 45.3 Å². The first-order valence-corrected chi connectivity index (χ1v) is 37.5. The topological polar surface area (TPSA) is 0 Å². The Bertz CT molecular complexity index is 7110. The van der Waals surface area contributed by atoms with Crippen molar-refractivity contribution in [3.05, 3.63) is 328 Å². The lowest BCUT2D eigenvalue weighted by Crippen LogP contribution is -1.90. The maximum atomic E-state index is 2.46. The van der Waals surface area contributed by atoms with Gasteiger partial charge in [-0.15, -0.1) is 45.3 Å². The maximum Gasteiger partial charge on any atom is 0.0534 e. The summed E-state index contributed by atoms with van der Waals surface area (Å²) in [4.78, 5) is 0. The van der Waals surface area contributed by atoms with Gasteiger partial charge in [0.15, 0.2) is 0 Å². The Labute approximate surface area is 591 Å². The lowest BCUT2D eigenvalue weighted by Gasteiger charge is -2.18. The predicted octanol–water partition coefficient (Wildman–Crippen LogP) is 29.7. The minimum atomic E-state index is 1.21. The summed E-state index contributed by atoms with van der Waals surface area (Å²) in [6, 6.07) is 123. The van der Waals surface area contributed by atoms with Crippen LogP contribution in [0.25, 0.3) is 223 Å². The van der Waals surface area contributed by atoms with Gasteiger partial charge in [-0.05, 0) is 197 Å². The normalized spacial score (nSPS) is 12.2. The number of hydrogen-bond donors (Lipinski definition) is 0. The first-order valence-electron chi connectivity index (χ1n) is 34.2. The Morgan fingerprint density at radius 3 is 1.05 bits per heavy atom. The summed E-state index contributed by atoms with van der Waals surface area (Å²) >= 11 is 7.75. The van der Waals surface area contributed by atoms with Crippen molar-refractivity contribution >= 4 is 191 Å². The van der Waals surface area contributed by atoms with E-state index in [-0.39, 0.29) is 0 Å². The van der Waals surface area contributed by atoms with Crippen molar-refractivity contribution in [2.24, 2.45) is 0 Å². The highest BCUT2D eigenvalue weighted by molar-refractivity contribution is 7.33. The van der Waals surface area contributed by atoms with Crippen LogP contribution in [0.3, 0.4) is 0 Å². The number of rotatable bonds is 7. The molecule has 462 valence electrons. The van der Waals surface area contributed by atoms with Crippen molar-refractivity contribution in [2.45, 2.75) is 0 Å². The van der Waals surface area contributed by atoms with Crippen LogP contribution in [0.15, 0.2) is 328 Å². The van der Waals surface area contributed by atoms with E-state index in [1.165, 1.54) is 223 Å². The Kier molecular flexibility index (Phi) is 12.4. The van der Waals surface area contributed by atoms with Gasteiger partial charge in [-0.25, -0.2) is 0 Å². The summed E-state index contributed by atoms with van der Waals surface area (Å²) < 4.78 is 10.8. The van der Waals surface area contributed by atoms with E-state index in [2.05, 4.69) is 328 Å². The van der Waals surface area contributed by atoms with Crippen LogP contribution in [0.1, 0.15) is 0 Å². The SMILES string of the molecule is c1ccc(-c2c3ccccc3c(-c3ccc(-c4ccc5cc6c(cc5c4)sc4c6ccc5sc6cc(-c7cccc8sc9c(ccc%10c%11cc%12cc(-c%13ccc(-c%14c%15ccccc%15c(-c%15ccccc%15)c%15ccccc%14%15)cc%13)ccc%12cc%11sc%109)c78)ccc6c54)cc3)c3ccccc23)cc1. The van der Waals surface area contributed by atoms with Gasteiger partial charge >= 0.3 is 0 Å². The zero-order valence-electron chi connectivity index (χ0n) is 53.8. The average Bonchev–Trinajstić information content (AvgIpc) is 1.35. The van der Waals surface area contributed by atoms with Crippen LogP contribution in [0.2, 0.25) is 0 Å². The monoisotopic (exact) mass is 1330 g/mol. The summed E-state index contributed by atoms with van der Waals surface area (Å²) in [5, 5.41) is 25.9. The number of hydrogen-bond acceptors (Lipinski definition) is 4. The van der Waals surface area contributed by atoms with Gasteiger partial charge in [0.2, 0.25) is 0 Å². The van der Waals surface area contributed by atoms with E-state index in [4.69, 9.17) is 0 Å². The summed E-state index contributed by atoms with van der Waals surface area (Å²) in [7, 11) is 0. The van der Waals surface area contributed by atoms with Crippen molar-refractivity contribution < 1.29 is 0 Å². The van der Waals surface area contributed by atoms with Gasteiger partial charge in [0.25, 0.3) is 0 Å². The van der Waals surface area contributed by atoms with Gasteiger partial charge in [-0.3, -0.25) is 0 Å². The molecule has 0 unspecified atom stereocenters. The van der Waals surface area contributed by atoms with E-state index in [1.54, 1.807) is 0 Å². The molecular weight excluding hydrogens is 1280 g/mol. The molecule has 18 aromatic carbocycles. The second-order valence-corrected chi connectivity index (χ2v) is 31.1. The van der Waals surface area contributed by atoms with Crippen molar-refractivity contribution in [1.29, 1.82) is 0 Å². The van der Waals surface area contributed by atoms with Crippen molar-refractivity contribution in [3.8, 4) is 77.9 Å². The summed E-state index contributed by atoms with van der Waals surface area (Å²) in [5.41, 5.74) is 17.5. The molecule has 4 heteroatoms. The third-order valence-electron chi connectivity index (χ3n) is 21.4. The standard InChI is InChI=1S/C96H54S4/c1-3-16-57(17-4-1)88-69-20-7-11-24-73(69)90(74-25-12-8-21-70(74)88)59-34-30-55(31-35-59)61-39-41-64-52-86-82(51-66(64)48-61)78-44-45-80-92-68(28-15-29-83(92)98-96(80)95(78)100-86)65-42-43-79-85(53-65)97-84-47-46-77-81-50-63-40-38-62(49-67(63)54-87(81)99-94(77)93(79)84)56-32-36-60(37-33-56)91-75-26-13-9-22-71(75)89(58-18-5-2-6-19-58)72-23-10-14-27-76(72)91/h1-54H. The van der Waals surface area contributed by atoms with Gasteiger partial charge in [0.1, 0.15) is 0 Å². The molecule has 0 atom stereocenters. The lowest BCUT2D eigenvalue weighted by molar-refractivity contribution is 1.63. The lowest BCUT2D eigenvalue weighted by atomic mass is 9.85. The maximum absolute atomic E-state index is 2.46. The second kappa shape index (κ2) is 22.0. The molecule has 0 aliphatic carbocycles. The van der Waals surface area contributed by atoms with Crippen LogP contribution in [0, 0.1) is 0 Å². The highest BCUT2D eigenvalue weighted by atomic mass is 32.1.